The Morgan fingerprint density at radius 1 is 1.15 bits per heavy atom. The molecule has 0 spiro atoms. The number of fused-ring (bicyclic) bond motifs is 1. The lowest BCUT2D eigenvalue weighted by Crippen LogP contribution is -2.27. The Kier molecular flexibility index (Phi) is 4.05. The molecule has 26 heavy (non-hydrogen) atoms. The molecule has 0 amide bonds. The highest BCUT2D eigenvalue weighted by Crippen LogP contribution is 2.39. The van der Waals surface area contributed by atoms with Crippen molar-refractivity contribution < 1.29 is 13.2 Å². The van der Waals surface area contributed by atoms with Crippen LogP contribution in [0, 0.1) is 12.8 Å². The Labute approximate surface area is 148 Å². The van der Waals surface area contributed by atoms with Gasteiger partial charge in [-0.1, -0.05) is 36.8 Å². The van der Waals surface area contributed by atoms with Gasteiger partial charge in [-0.15, -0.1) is 5.10 Å². The van der Waals surface area contributed by atoms with Crippen LogP contribution in [0.25, 0.3) is 5.78 Å². The molecule has 3 aromatic rings. The molecule has 1 aliphatic carbocycles. The van der Waals surface area contributed by atoms with E-state index in [1.807, 2.05) is 30.3 Å². The van der Waals surface area contributed by atoms with Crippen LogP contribution in [-0.2, 0) is 6.18 Å². The van der Waals surface area contributed by atoms with E-state index < -0.39 is 12.0 Å². The second-order valence-electron chi connectivity index (χ2n) is 6.65. The smallest absolute Gasteiger partial charge is 0.363 e. The molecule has 2 aromatic heterocycles. The Morgan fingerprint density at radius 3 is 2.50 bits per heavy atom. The first kappa shape index (κ1) is 16.8. The number of rotatable bonds is 4. The normalized spacial score (nSPS) is 16.5. The second-order valence-corrected chi connectivity index (χ2v) is 6.65. The van der Waals surface area contributed by atoms with Gasteiger partial charge < -0.3 is 5.32 Å². The third kappa shape index (κ3) is 3.11. The lowest BCUT2D eigenvalue weighted by Gasteiger charge is -2.35. The summed E-state index contributed by atoms with van der Waals surface area (Å²) < 4.78 is 40.1. The summed E-state index contributed by atoms with van der Waals surface area (Å²) >= 11 is 0. The van der Waals surface area contributed by atoms with E-state index >= 15 is 0 Å². The molecule has 2 heterocycles. The van der Waals surface area contributed by atoms with Crippen LogP contribution < -0.4 is 5.32 Å². The van der Waals surface area contributed by atoms with Crippen LogP contribution >= 0.6 is 0 Å². The number of nitrogens with one attached hydrogen (secondary N) is 1. The van der Waals surface area contributed by atoms with E-state index in [4.69, 9.17) is 0 Å². The Morgan fingerprint density at radius 2 is 1.88 bits per heavy atom. The summed E-state index contributed by atoms with van der Waals surface area (Å²) in [5.74, 6) is -0.332. The van der Waals surface area contributed by atoms with Gasteiger partial charge in [-0.25, -0.2) is 4.98 Å². The molecule has 0 bridgehead atoms. The SMILES string of the molecule is Cc1cc(NC(c2ccccc2)C2CCC2)n2nc(C(F)(F)F)nc2n1. The fourth-order valence-electron chi connectivity index (χ4n) is 3.28. The number of alkyl halides is 3. The maximum atomic E-state index is 13.0. The van der Waals surface area contributed by atoms with Gasteiger partial charge in [0, 0.05) is 11.8 Å². The molecule has 0 saturated heterocycles. The van der Waals surface area contributed by atoms with E-state index in [2.05, 4.69) is 20.4 Å². The van der Waals surface area contributed by atoms with Crippen molar-refractivity contribution in [3.63, 3.8) is 0 Å². The van der Waals surface area contributed by atoms with Gasteiger partial charge in [0.1, 0.15) is 5.82 Å². The van der Waals surface area contributed by atoms with Gasteiger partial charge in [-0.05, 0) is 31.2 Å². The third-order valence-corrected chi connectivity index (χ3v) is 4.78. The van der Waals surface area contributed by atoms with Crippen molar-refractivity contribution in [1.82, 2.24) is 19.6 Å². The van der Waals surface area contributed by atoms with Crippen molar-refractivity contribution in [2.24, 2.45) is 5.92 Å². The minimum atomic E-state index is -4.61. The number of aromatic nitrogens is 4. The molecule has 8 heteroatoms. The predicted molar refractivity (Wildman–Crippen MR) is 90.7 cm³/mol. The first-order valence-electron chi connectivity index (χ1n) is 8.55. The number of hydrogen-bond acceptors (Lipinski definition) is 4. The molecule has 1 saturated carbocycles. The summed E-state index contributed by atoms with van der Waals surface area (Å²) in [5.41, 5.74) is 1.69. The number of aryl methyl sites for hydroxylation is 1. The minimum Gasteiger partial charge on any atom is -0.363 e. The van der Waals surface area contributed by atoms with Crippen LogP contribution in [0.1, 0.15) is 42.4 Å². The van der Waals surface area contributed by atoms with E-state index in [1.165, 1.54) is 6.42 Å². The minimum absolute atomic E-state index is 0.00786. The van der Waals surface area contributed by atoms with Crippen molar-refractivity contribution in [1.29, 1.82) is 0 Å². The highest BCUT2D eigenvalue weighted by molar-refractivity contribution is 5.47. The van der Waals surface area contributed by atoms with Gasteiger partial charge >= 0.3 is 6.18 Å². The summed E-state index contributed by atoms with van der Waals surface area (Å²) in [5, 5.41) is 7.03. The molecule has 1 aliphatic rings. The van der Waals surface area contributed by atoms with Crippen molar-refractivity contribution in [2.75, 3.05) is 5.32 Å². The molecule has 1 fully saturated rings. The van der Waals surface area contributed by atoms with Crippen LogP contribution in [0.15, 0.2) is 36.4 Å². The lowest BCUT2D eigenvalue weighted by atomic mass is 9.77. The van der Waals surface area contributed by atoms with Crippen molar-refractivity contribution >= 4 is 11.6 Å². The largest absolute Gasteiger partial charge is 0.453 e. The summed E-state index contributed by atoms with van der Waals surface area (Å²) in [4.78, 5) is 7.62. The van der Waals surface area contributed by atoms with E-state index in [9.17, 15) is 13.2 Å². The number of halogens is 3. The molecule has 4 rings (SSSR count). The first-order chi connectivity index (χ1) is 12.4. The van der Waals surface area contributed by atoms with Crippen LogP contribution in [0.4, 0.5) is 19.0 Å². The fraction of sp³-hybridized carbons (Fsp3) is 0.389. The molecule has 1 aromatic carbocycles. The summed E-state index contributed by atoms with van der Waals surface area (Å²) in [7, 11) is 0. The van der Waals surface area contributed by atoms with E-state index in [-0.39, 0.29) is 11.8 Å². The molecule has 1 N–H and O–H groups in total. The lowest BCUT2D eigenvalue weighted by molar-refractivity contribution is -0.144. The first-order valence-corrected chi connectivity index (χ1v) is 8.55. The Balaban J connectivity index is 1.76. The average molecular weight is 361 g/mol. The molecule has 0 radical (unpaired) electrons. The standard InChI is InChI=1S/C18H18F3N5/c1-11-10-14(26-17(22-11)24-16(25-26)18(19,20)21)23-15(13-8-5-9-13)12-6-3-2-4-7-12/h2-4,6-7,10,13,15,23H,5,8-9H2,1H3. The second kappa shape index (κ2) is 6.26. The highest BCUT2D eigenvalue weighted by Gasteiger charge is 2.37. The monoisotopic (exact) mass is 361 g/mol. The zero-order chi connectivity index (χ0) is 18.3. The molecule has 0 aliphatic heterocycles. The highest BCUT2D eigenvalue weighted by atomic mass is 19.4. The summed E-state index contributed by atoms with van der Waals surface area (Å²) in [6.45, 7) is 1.73. The van der Waals surface area contributed by atoms with Gasteiger partial charge in [-0.2, -0.15) is 22.7 Å². The molecular weight excluding hydrogens is 343 g/mol. The van der Waals surface area contributed by atoms with E-state index in [0.29, 0.717) is 17.4 Å². The molecular formula is C18H18F3N5. The predicted octanol–water partition coefficient (Wildman–Crippen LogP) is 4.40. The summed E-state index contributed by atoms with van der Waals surface area (Å²) in [6, 6.07) is 11.7. The van der Waals surface area contributed by atoms with Gasteiger partial charge in [-0.3, -0.25) is 0 Å². The average Bonchev–Trinajstić information content (AvgIpc) is 2.97. The maximum Gasteiger partial charge on any atom is 0.453 e. The zero-order valence-electron chi connectivity index (χ0n) is 14.2. The third-order valence-electron chi connectivity index (χ3n) is 4.78. The number of benzene rings is 1. The number of hydrogen-bond donors (Lipinski definition) is 1. The van der Waals surface area contributed by atoms with Gasteiger partial charge in [0.2, 0.25) is 0 Å². The zero-order valence-corrected chi connectivity index (χ0v) is 14.2. The molecule has 1 atom stereocenters. The van der Waals surface area contributed by atoms with Crippen LogP contribution in [0.5, 0.6) is 0 Å². The van der Waals surface area contributed by atoms with Gasteiger partial charge in [0.05, 0.1) is 6.04 Å². The molecule has 136 valence electrons. The van der Waals surface area contributed by atoms with Crippen molar-refractivity contribution in [3.05, 3.63) is 53.5 Å². The quantitative estimate of drug-likeness (QED) is 0.748. The number of nitrogens with zero attached hydrogens (tertiary/aromatic N) is 4. The van der Waals surface area contributed by atoms with Crippen molar-refractivity contribution in [2.45, 2.75) is 38.4 Å². The van der Waals surface area contributed by atoms with Crippen LogP contribution in [0.2, 0.25) is 0 Å². The Bertz CT molecular complexity index is 916. The summed E-state index contributed by atoms with van der Waals surface area (Å²) in [6.07, 6.45) is -1.26. The van der Waals surface area contributed by atoms with Crippen LogP contribution in [-0.4, -0.2) is 19.6 Å². The van der Waals surface area contributed by atoms with Crippen LogP contribution in [0.3, 0.4) is 0 Å². The molecule has 5 nitrogen and oxygen atoms in total. The van der Waals surface area contributed by atoms with E-state index in [0.717, 1.165) is 22.9 Å². The maximum absolute atomic E-state index is 13.0. The van der Waals surface area contributed by atoms with Gasteiger partial charge in [0.15, 0.2) is 0 Å². The topological polar surface area (TPSA) is 55.1 Å². The van der Waals surface area contributed by atoms with E-state index in [1.54, 1.807) is 13.0 Å². The van der Waals surface area contributed by atoms with Gasteiger partial charge in [0.25, 0.3) is 11.6 Å². The van der Waals surface area contributed by atoms with Crippen molar-refractivity contribution in [3.8, 4) is 0 Å². The fourth-order valence-corrected chi connectivity index (χ4v) is 3.28. The Hall–Kier alpha value is -2.64. The molecule has 1 unspecified atom stereocenters. The number of anilines is 1.